The molecule has 0 radical (unpaired) electrons. The Labute approximate surface area is 195 Å². The first-order chi connectivity index (χ1) is 15.1. The fourth-order valence-electron chi connectivity index (χ4n) is 2.61. The Balaban J connectivity index is 1.82. The third kappa shape index (κ3) is 6.27. The smallest absolute Gasteiger partial charge is 0.264 e. The van der Waals surface area contributed by atoms with Crippen molar-refractivity contribution in [1.82, 2.24) is 10.2 Å². The van der Waals surface area contributed by atoms with Gasteiger partial charge in [0, 0.05) is 5.75 Å². The second kappa shape index (κ2) is 10.4. The number of aromatic nitrogens is 2. The van der Waals surface area contributed by atoms with Crippen LogP contribution in [0.3, 0.4) is 0 Å². The Morgan fingerprint density at radius 1 is 1.12 bits per heavy atom. The Morgan fingerprint density at radius 3 is 2.41 bits per heavy atom. The lowest BCUT2D eigenvalue weighted by Crippen LogP contribution is -2.38. The van der Waals surface area contributed by atoms with Gasteiger partial charge in [0.2, 0.25) is 11.0 Å². The summed E-state index contributed by atoms with van der Waals surface area (Å²) in [5.74, 6) is 0.250. The molecule has 1 heterocycles. The van der Waals surface area contributed by atoms with E-state index in [2.05, 4.69) is 29.4 Å². The summed E-state index contributed by atoms with van der Waals surface area (Å²) in [5.41, 5.74) is 1.26. The van der Waals surface area contributed by atoms with Crippen molar-refractivity contribution in [1.29, 1.82) is 0 Å². The maximum absolute atomic E-state index is 13.3. The van der Waals surface area contributed by atoms with Gasteiger partial charge in [-0.2, -0.15) is 0 Å². The van der Waals surface area contributed by atoms with Gasteiger partial charge in [-0.1, -0.05) is 54.6 Å². The molecule has 0 spiro atoms. The Bertz CT molecular complexity index is 1160. The fraction of sp³-hybridized carbons (Fsp3) is 0.286. The number of aryl methyl sites for hydroxylation is 1. The summed E-state index contributed by atoms with van der Waals surface area (Å²) in [6.45, 7) is 5.59. The highest BCUT2D eigenvalue weighted by molar-refractivity contribution is 8.01. The summed E-state index contributed by atoms with van der Waals surface area (Å²) in [5, 5.41) is 10.9. The van der Waals surface area contributed by atoms with Crippen LogP contribution in [0.2, 0.25) is 0 Å². The van der Waals surface area contributed by atoms with E-state index in [1.54, 1.807) is 36.0 Å². The molecule has 11 heteroatoms. The average Bonchev–Trinajstić information content (AvgIpc) is 3.19. The van der Waals surface area contributed by atoms with Gasteiger partial charge in [0.25, 0.3) is 10.0 Å². The molecule has 0 saturated heterocycles. The number of benzene rings is 2. The third-order valence-corrected chi connectivity index (χ3v) is 8.39. The van der Waals surface area contributed by atoms with Crippen molar-refractivity contribution < 1.29 is 17.6 Å². The van der Waals surface area contributed by atoms with Crippen LogP contribution in [0, 0.1) is 18.7 Å². The molecule has 1 aromatic heterocycles. The highest BCUT2D eigenvalue weighted by Crippen LogP contribution is 2.28. The summed E-state index contributed by atoms with van der Waals surface area (Å²) in [7, 11) is -4.11. The molecule has 0 aliphatic heterocycles. The maximum atomic E-state index is 13.3. The van der Waals surface area contributed by atoms with E-state index >= 15 is 0 Å². The lowest BCUT2D eigenvalue weighted by atomic mass is 10.2. The van der Waals surface area contributed by atoms with Crippen LogP contribution in [0.1, 0.15) is 19.4 Å². The zero-order valence-electron chi connectivity index (χ0n) is 17.8. The molecule has 0 bridgehead atoms. The summed E-state index contributed by atoms with van der Waals surface area (Å²) >= 11 is 2.78. The molecule has 170 valence electrons. The highest BCUT2D eigenvalue weighted by atomic mass is 32.2. The number of hydrogen-bond donors (Lipinski definition) is 1. The normalized spacial score (nSPS) is 11.5. The van der Waals surface area contributed by atoms with Gasteiger partial charge in [-0.25, -0.2) is 12.8 Å². The first-order valence-electron chi connectivity index (χ1n) is 9.76. The zero-order chi connectivity index (χ0) is 23.3. The van der Waals surface area contributed by atoms with E-state index in [0.717, 1.165) is 32.1 Å². The number of carbonyl (C=O) groups is 1. The molecule has 0 unspecified atom stereocenters. The van der Waals surface area contributed by atoms with E-state index in [-0.39, 0.29) is 4.90 Å². The van der Waals surface area contributed by atoms with Crippen LogP contribution >= 0.6 is 23.1 Å². The molecule has 1 amide bonds. The number of sulfonamides is 1. The zero-order valence-corrected chi connectivity index (χ0v) is 20.2. The first kappa shape index (κ1) is 24.1. The average molecular weight is 495 g/mol. The number of anilines is 2. The van der Waals surface area contributed by atoms with Crippen molar-refractivity contribution in [2.24, 2.45) is 5.92 Å². The summed E-state index contributed by atoms with van der Waals surface area (Å²) in [4.78, 5) is 12.6. The molecule has 0 saturated carbocycles. The Kier molecular flexibility index (Phi) is 7.86. The SMILES string of the molecule is Cc1ccc(N(CC(=O)Nc2nnc(SCC(C)C)s2)S(=O)(=O)c2ccc(F)cc2)cc1. The monoisotopic (exact) mass is 494 g/mol. The Morgan fingerprint density at radius 2 is 1.78 bits per heavy atom. The van der Waals surface area contributed by atoms with Crippen LogP contribution in [0.15, 0.2) is 57.8 Å². The number of halogens is 1. The second-order valence-electron chi connectivity index (χ2n) is 7.43. The van der Waals surface area contributed by atoms with Crippen LogP contribution in [0.4, 0.5) is 15.2 Å². The van der Waals surface area contributed by atoms with Crippen LogP contribution in [0.5, 0.6) is 0 Å². The number of nitrogens with zero attached hydrogens (tertiary/aromatic N) is 3. The van der Waals surface area contributed by atoms with Crippen LogP contribution < -0.4 is 9.62 Å². The molecular weight excluding hydrogens is 471 g/mol. The molecule has 0 aliphatic rings. The van der Waals surface area contributed by atoms with Gasteiger partial charge in [-0.05, 0) is 49.2 Å². The van der Waals surface area contributed by atoms with E-state index in [1.165, 1.54) is 23.5 Å². The molecule has 3 rings (SSSR count). The van der Waals surface area contributed by atoms with E-state index < -0.39 is 28.3 Å². The topological polar surface area (TPSA) is 92.3 Å². The van der Waals surface area contributed by atoms with Gasteiger partial charge in [0.1, 0.15) is 12.4 Å². The minimum atomic E-state index is -4.11. The number of hydrogen-bond acceptors (Lipinski definition) is 7. The van der Waals surface area contributed by atoms with Gasteiger partial charge in [0.15, 0.2) is 4.34 Å². The fourth-order valence-corrected chi connectivity index (χ4v) is 5.77. The molecule has 1 N–H and O–H groups in total. The predicted molar refractivity (Wildman–Crippen MR) is 126 cm³/mol. The molecule has 7 nitrogen and oxygen atoms in total. The van der Waals surface area contributed by atoms with Crippen LogP contribution in [-0.4, -0.2) is 36.8 Å². The van der Waals surface area contributed by atoms with E-state index in [0.29, 0.717) is 16.7 Å². The van der Waals surface area contributed by atoms with Crippen LogP contribution in [0.25, 0.3) is 0 Å². The van der Waals surface area contributed by atoms with Crippen molar-refractivity contribution in [3.8, 4) is 0 Å². The number of carbonyl (C=O) groups excluding carboxylic acids is 1. The number of amides is 1. The lowest BCUT2D eigenvalue weighted by molar-refractivity contribution is -0.114. The largest absolute Gasteiger partial charge is 0.299 e. The summed E-state index contributed by atoms with van der Waals surface area (Å²) in [6, 6.07) is 11.2. The summed E-state index contributed by atoms with van der Waals surface area (Å²) < 4.78 is 41.6. The molecule has 3 aromatic rings. The van der Waals surface area contributed by atoms with Gasteiger partial charge in [-0.3, -0.25) is 14.4 Å². The van der Waals surface area contributed by atoms with Crippen molar-refractivity contribution >= 4 is 49.8 Å². The first-order valence-corrected chi connectivity index (χ1v) is 13.0. The van der Waals surface area contributed by atoms with Crippen LogP contribution in [-0.2, 0) is 14.8 Å². The number of rotatable bonds is 9. The van der Waals surface area contributed by atoms with E-state index in [9.17, 15) is 17.6 Å². The quantitative estimate of drug-likeness (QED) is 0.346. The molecule has 0 aliphatic carbocycles. The van der Waals surface area contributed by atoms with Crippen molar-refractivity contribution in [2.75, 3.05) is 21.9 Å². The third-order valence-electron chi connectivity index (χ3n) is 4.20. The second-order valence-corrected chi connectivity index (χ2v) is 11.5. The molecular formula is C21H23FN4O3S3. The van der Waals surface area contributed by atoms with Gasteiger partial charge < -0.3 is 0 Å². The number of thioether (sulfide) groups is 1. The van der Waals surface area contributed by atoms with Gasteiger partial charge in [-0.15, -0.1) is 10.2 Å². The molecule has 2 aromatic carbocycles. The van der Waals surface area contributed by atoms with Crippen molar-refractivity contribution in [3.63, 3.8) is 0 Å². The lowest BCUT2D eigenvalue weighted by Gasteiger charge is -2.24. The summed E-state index contributed by atoms with van der Waals surface area (Å²) in [6.07, 6.45) is 0. The Hall–Kier alpha value is -2.50. The van der Waals surface area contributed by atoms with Crippen molar-refractivity contribution in [2.45, 2.75) is 30.0 Å². The maximum Gasteiger partial charge on any atom is 0.264 e. The molecule has 32 heavy (non-hydrogen) atoms. The number of nitrogens with one attached hydrogen (secondary N) is 1. The minimum Gasteiger partial charge on any atom is -0.299 e. The van der Waals surface area contributed by atoms with Gasteiger partial charge >= 0.3 is 0 Å². The van der Waals surface area contributed by atoms with Crippen molar-refractivity contribution in [3.05, 3.63) is 59.9 Å². The van der Waals surface area contributed by atoms with E-state index in [4.69, 9.17) is 0 Å². The highest BCUT2D eigenvalue weighted by Gasteiger charge is 2.27. The van der Waals surface area contributed by atoms with Gasteiger partial charge in [0.05, 0.1) is 10.6 Å². The molecule has 0 fully saturated rings. The molecule has 0 atom stereocenters. The predicted octanol–water partition coefficient (Wildman–Crippen LogP) is 4.57. The van der Waals surface area contributed by atoms with E-state index in [1.807, 2.05) is 6.92 Å². The standard InChI is InChI=1S/C21H23FN4O3S3/c1-14(2)13-30-21-25-24-20(31-21)23-19(27)12-26(17-8-4-15(3)5-9-17)32(28,29)18-10-6-16(22)7-11-18/h4-11,14H,12-13H2,1-3H3,(H,23,24,27). The minimum absolute atomic E-state index is 0.115.